The van der Waals surface area contributed by atoms with Crippen LogP contribution in [-0.2, 0) is 13.0 Å². The fraction of sp³-hybridized carbons (Fsp3) is 0.348. The summed E-state index contributed by atoms with van der Waals surface area (Å²) in [5.74, 6) is 1.93. The number of amides is 2. The van der Waals surface area contributed by atoms with Crippen LogP contribution in [0.3, 0.4) is 0 Å². The summed E-state index contributed by atoms with van der Waals surface area (Å²) in [6.45, 7) is 1.94. The van der Waals surface area contributed by atoms with Crippen molar-refractivity contribution in [2.45, 2.75) is 25.8 Å². The van der Waals surface area contributed by atoms with Gasteiger partial charge in [-0.25, -0.2) is 9.18 Å². The number of rotatable bonds is 5. The van der Waals surface area contributed by atoms with E-state index in [9.17, 15) is 9.18 Å². The molecular weight excluding hydrogens is 415 g/mol. The van der Waals surface area contributed by atoms with Crippen LogP contribution in [0, 0.1) is 11.7 Å². The van der Waals surface area contributed by atoms with Crippen molar-refractivity contribution in [3.63, 3.8) is 0 Å². The molecule has 1 fully saturated rings. The monoisotopic (exact) mass is 438 g/mol. The largest absolute Gasteiger partial charge is 0.454 e. The molecular formula is C23H23FN4O4. The fourth-order valence-electron chi connectivity index (χ4n) is 4.09. The molecule has 5 rings (SSSR count). The summed E-state index contributed by atoms with van der Waals surface area (Å²) in [6.07, 6.45) is 2.41. The molecule has 2 aliphatic rings. The lowest BCUT2D eigenvalue weighted by Gasteiger charge is -2.32. The highest BCUT2D eigenvalue weighted by Crippen LogP contribution is 2.32. The number of likely N-dealkylation sites (tertiary alicyclic amines) is 1. The molecule has 0 spiro atoms. The lowest BCUT2D eigenvalue weighted by atomic mass is 9.95. The van der Waals surface area contributed by atoms with E-state index in [1.54, 1.807) is 18.2 Å². The quantitative estimate of drug-likeness (QED) is 0.652. The van der Waals surface area contributed by atoms with Gasteiger partial charge in [0.15, 0.2) is 11.5 Å². The van der Waals surface area contributed by atoms with Gasteiger partial charge < -0.3 is 24.2 Å². The maximum atomic E-state index is 14.0. The molecule has 2 amide bonds. The Kier molecular flexibility index (Phi) is 5.62. The van der Waals surface area contributed by atoms with E-state index in [0.29, 0.717) is 43.3 Å². The van der Waals surface area contributed by atoms with Crippen LogP contribution < -0.4 is 14.8 Å². The van der Waals surface area contributed by atoms with Crippen molar-refractivity contribution in [2.75, 3.05) is 19.9 Å². The highest BCUT2D eigenvalue weighted by Gasteiger charge is 2.26. The van der Waals surface area contributed by atoms with E-state index in [1.165, 1.54) is 6.07 Å². The molecule has 0 bridgehead atoms. The van der Waals surface area contributed by atoms with Crippen LogP contribution in [0.25, 0.3) is 11.4 Å². The number of urea groups is 1. The molecule has 0 unspecified atom stereocenters. The smallest absolute Gasteiger partial charge is 0.317 e. The Balaban J connectivity index is 1.16. The molecule has 2 aliphatic heterocycles. The minimum atomic E-state index is -0.386. The van der Waals surface area contributed by atoms with Crippen molar-refractivity contribution < 1.29 is 23.2 Å². The Morgan fingerprint density at radius 2 is 2.06 bits per heavy atom. The third-order valence-corrected chi connectivity index (χ3v) is 5.73. The predicted octanol–water partition coefficient (Wildman–Crippen LogP) is 3.77. The normalized spacial score (nSPS) is 17.4. The molecule has 0 radical (unpaired) electrons. The fourth-order valence-corrected chi connectivity index (χ4v) is 4.09. The maximum absolute atomic E-state index is 14.0. The van der Waals surface area contributed by atoms with Crippen LogP contribution in [0.1, 0.15) is 24.3 Å². The van der Waals surface area contributed by atoms with Crippen LogP contribution in [0.4, 0.5) is 9.18 Å². The average molecular weight is 438 g/mol. The first-order valence-electron chi connectivity index (χ1n) is 10.6. The number of nitrogens with one attached hydrogen (secondary N) is 1. The Bertz CT molecular complexity index is 1120. The van der Waals surface area contributed by atoms with Gasteiger partial charge in [-0.15, -0.1) is 0 Å². The molecule has 1 atom stereocenters. The number of aromatic nitrogens is 2. The molecule has 9 heteroatoms. The van der Waals surface area contributed by atoms with Crippen molar-refractivity contribution in [3.8, 4) is 22.9 Å². The van der Waals surface area contributed by atoms with Gasteiger partial charge in [0.25, 0.3) is 0 Å². The van der Waals surface area contributed by atoms with Crippen LogP contribution >= 0.6 is 0 Å². The van der Waals surface area contributed by atoms with Gasteiger partial charge in [-0.1, -0.05) is 23.4 Å². The Morgan fingerprint density at radius 1 is 1.19 bits per heavy atom. The molecule has 8 nitrogen and oxygen atoms in total. The van der Waals surface area contributed by atoms with Crippen LogP contribution in [0.2, 0.25) is 0 Å². The molecule has 1 aromatic heterocycles. The number of carbonyl (C=O) groups is 1. The van der Waals surface area contributed by atoms with Gasteiger partial charge in [-0.05, 0) is 48.6 Å². The van der Waals surface area contributed by atoms with Crippen molar-refractivity contribution in [1.29, 1.82) is 0 Å². The van der Waals surface area contributed by atoms with Crippen LogP contribution in [-0.4, -0.2) is 41.0 Å². The minimum absolute atomic E-state index is 0.107. The molecule has 0 saturated carbocycles. The number of fused-ring (bicyclic) bond motifs is 1. The van der Waals surface area contributed by atoms with E-state index < -0.39 is 0 Å². The molecule has 1 saturated heterocycles. The first kappa shape index (κ1) is 20.3. The van der Waals surface area contributed by atoms with Crippen molar-refractivity contribution in [2.24, 2.45) is 5.92 Å². The molecule has 3 aromatic rings. The van der Waals surface area contributed by atoms with Crippen molar-refractivity contribution >= 4 is 6.03 Å². The highest BCUT2D eigenvalue weighted by molar-refractivity contribution is 5.74. The van der Waals surface area contributed by atoms with Gasteiger partial charge >= 0.3 is 6.03 Å². The summed E-state index contributed by atoms with van der Waals surface area (Å²) in [6, 6.07) is 11.9. The number of benzene rings is 2. The zero-order valence-corrected chi connectivity index (χ0v) is 17.4. The second kappa shape index (κ2) is 8.86. The molecule has 32 heavy (non-hydrogen) atoms. The third-order valence-electron chi connectivity index (χ3n) is 5.73. The van der Waals surface area contributed by atoms with E-state index in [4.69, 9.17) is 14.0 Å². The summed E-state index contributed by atoms with van der Waals surface area (Å²) in [7, 11) is 0. The molecule has 166 valence electrons. The molecule has 1 N–H and O–H groups in total. The summed E-state index contributed by atoms with van der Waals surface area (Å²) in [5.41, 5.74) is 1.26. The number of hydrogen-bond donors (Lipinski definition) is 1. The highest BCUT2D eigenvalue weighted by atomic mass is 19.1. The van der Waals surface area contributed by atoms with Crippen LogP contribution in [0.15, 0.2) is 47.0 Å². The Hall–Kier alpha value is -3.62. The standard InChI is InChI=1S/C23H23FN4O4/c24-18-6-2-1-5-17(18)22-26-21(32-27-22)11-16-4-3-9-28(13-16)23(29)25-12-15-7-8-19-20(10-15)31-14-30-19/h1-2,5-8,10,16H,3-4,9,11-14H2,(H,25,29)/t16-/m1/s1. The lowest BCUT2D eigenvalue weighted by Crippen LogP contribution is -2.45. The number of nitrogens with zero attached hydrogens (tertiary/aromatic N) is 3. The Morgan fingerprint density at radius 3 is 2.97 bits per heavy atom. The zero-order valence-electron chi connectivity index (χ0n) is 17.4. The van der Waals surface area contributed by atoms with Gasteiger partial charge in [-0.2, -0.15) is 4.98 Å². The van der Waals surface area contributed by atoms with Gasteiger partial charge in [0.2, 0.25) is 18.5 Å². The number of hydrogen-bond acceptors (Lipinski definition) is 6. The van der Waals surface area contributed by atoms with E-state index in [-0.39, 0.29) is 30.4 Å². The molecule has 0 aliphatic carbocycles. The summed E-state index contributed by atoms with van der Waals surface area (Å²) >= 11 is 0. The Labute approximate surface area is 184 Å². The minimum Gasteiger partial charge on any atom is -0.454 e. The maximum Gasteiger partial charge on any atom is 0.317 e. The molecule has 2 aromatic carbocycles. The van der Waals surface area contributed by atoms with Gasteiger partial charge in [0, 0.05) is 26.1 Å². The average Bonchev–Trinajstić information content (AvgIpc) is 3.47. The van der Waals surface area contributed by atoms with E-state index in [2.05, 4.69) is 15.5 Å². The summed E-state index contributed by atoms with van der Waals surface area (Å²) in [5, 5.41) is 6.89. The first-order chi connectivity index (χ1) is 15.7. The van der Waals surface area contributed by atoms with Gasteiger partial charge in [0.05, 0.1) is 5.56 Å². The first-order valence-corrected chi connectivity index (χ1v) is 10.6. The van der Waals surface area contributed by atoms with E-state index in [1.807, 2.05) is 23.1 Å². The molecule has 3 heterocycles. The number of carbonyl (C=O) groups excluding carboxylic acids is 1. The third kappa shape index (κ3) is 4.37. The summed E-state index contributed by atoms with van der Waals surface area (Å²) < 4.78 is 30.0. The lowest BCUT2D eigenvalue weighted by molar-refractivity contribution is 0.161. The zero-order chi connectivity index (χ0) is 21.9. The number of halogens is 1. The van der Waals surface area contributed by atoms with Gasteiger partial charge in [0.1, 0.15) is 5.82 Å². The van der Waals surface area contributed by atoms with Gasteiger partial charge in [-0.3, -0.25) is 0 Å². The second-order valence-corrected chi connectivity index (χ2v) is 8.00. The topological polar surface area (TPSA) is 89.7 Å². The predicted molar refractivity (Wildman–Crippen MR) is 112 cm³/mol. The SMILES string of the molecule is O=C(NCc1ccc2c(c1)OCO2)N1CCC[C@H](Cc2nc(-c3ccccc3F)no2)C1. The van der Waals surface area contributed by atoms with Crippen molar-refractivity contribution in [1.82, 2.24) is 20.4 Å². The second-order valence-electron chi connectivity index (χ2n) is 8.00. The van der Waals surface area contributed by atoms with E-state index >= 15 is 0 Å². The van der Waals surface area contributed by atoms with Crippen LogP contribution in [0.5, 0.6) is 11.5 Å². The van der Waals surface area contributed by atoms with Crippen molar-refractivity contribution in [3.05, 3.63) is 59.7 Å². The number of piperidine rings is 1. The van der Waals surface area contributed by atoms with E-state index in [0.717, 1.165) is 24.2 Å². The summed E-state index contributed by atoms with van der Waals surface area (Å²) in [4.78, 5) is 18.9. The number of ether oxygens (including phenoxy) is 2.